The highest BCUT2D eigenvalue weighted by atomic mass is 32.2. The number of benzene rings is 1. The van der Waals surface area contributed by atoms with Crippen LogP contribution in [0, 0.1) is 13.8 Å². The molecule has 0 saturated carbocycles. The molecular weight excluding hydrogens is 386 g/mol. The highest BCUT2D eigenvalue weighted by Gasteiger charge is 2.25. The van der Waals surface area contributed by atoms with Crippen LogP contribution in [-0.2, 0) is 11.3 Å². The van der Waals surface area contributed by atoms with Crippen LogP contribution in [0.25, 0.3) is 0 Å². The number of hydrogen-bond acceptors (Lipinski definition) is 6. The number of carbonyl (C=O) groups is 1. The number of amides is 1. The van der Waals surface area contributed by atoms with Gasteiger partial charge in [-0.05, 0) is 38.8 Å². The van der Waals surface area contributed by atoms with E-state index in [1.807, 2.05) is 36.9 Å². The van der Waals surface area contributed by atoms with Crippen molar-refractivity contribution in [2.24, 2.45) is 0 Å². The average molecular weight is 416 g/mol. The summed E-state index contributed by atoms with van der Waals surface area (Å²) < 4.78 is 11.0. The normalized spacial score (nSPS) is 20.3. The first-order valence-corrected chi connectivity index (χ1v) is 11.4. The van der Waals surface area contributed by atoms with Gasteiger partial charge in [-0.3, -0.25) is 9.69 Å². The molecule has 2 aromatic rings. The number of ether oxygens (including phenoxy) is 1. The van der Waals surface area contributed by atoms with Gasteiger partial charge in [-0.15, -0.1) is 11.8 Å². The molecule has 3 heterocycles. The van der Waals surface area contributed by atoms with Crippen LogP contribution in [-0.4, -0.2) is 65.5 Å². The lowest BCUT2D eigenvalue weighted by atomic mass is 10.1. The summed E-state index contributed by atoms with van der Waals surface area (Å²) in [5.74, 6) is 1.94. The Bertz CT molecular complexity index is 820. The molecule has 0 radical (unpaired) electrons. The highest BCUT2D eigenvalue weighted by molar-refractivity contribution is 7.99. The van der Waals surface area contributed by atoms with Crippen molar-refractivity contribution in [3.05, 3.63) is 46.8 Å². The van der Waals surface area contributed by atoms with Gasteiger partial charge in [0.1, 0.15) is 5.76 Å². The minimum Gasteiger partial charge on any atom is -0.377 e. The number of aromatic nitrogens is 1. The summed E-state index contributed by atoms with van der Waals surface area (Å²) in [6.45, 7) is 8.85. The lowest BCUT2D eigenvalue weighted by Crippen LogP contribution is -2.48. The van der Waals surface area contributed by atoms with E-state index in [1.165, 1.54) is 5.56 Å². The van der Waals surface area contributed by atoms with Gasteiger partial charge >= 0.3 is 0 Å². The van der Waals surface area contributed by atoms with Crippen LogP contribution < -0.4 is 0 Å². The van der Waals surface area contributed by atoms with Gasteiger partial charge in [0.25, 0.3) is 5.91 Å². The number of aryl methyl sites for hydroxylation is 2. The van der Waals surface area contributed by atoms with E-state index in [1.54, 1.807) is 11.8 Å². The highest BCUT2D eigenvalue weighted by Crippen LogP contribution is 2.28. The molecule has 6 nitrogen and oxygen atoms in total. The molecule has 1 aromatic carbocycles. The van der Waals surface area contributed by atoms with Crippen LogP contribution >= 0.6 is 11.8 Å². The lowest BCUT2D eigenvalue weighted by Gasteiger charge is -2.35. The van der Waals surface area contributed by atoms with Gasteiger partial charge in [0.2, 0.25) is 0 Å². The zero-order chi connectivity index (χ0) is 20.2. The second kappa shape index (κ2) is 9.32. The van der Waals surface area contributed by atoms with Crippen LogP contribution in [0.2, 0.25) is 0 Å². The van der Waals surface area contributed by atoms with Crippen molar-refractivity contribution < 1.29 is 14.1 Å². The van der Waals surface area contributed by atoms with Crippen molar-refractivity contribution in [3.8, 4) is 0 Å². The number of hydrogen-bond donors (Lipinski definition) is 0. The molecule has 0 spiro atoms. The maximum atomic E-state index is 13.2. The Kier molecular flexibility index (Phi) is 6.57. The minimum atomic E-state index is 0.137. The predicted octanol–water partition coefficient (Wildman–Crippen LogP) is 3.52. The smallest absolute Gasteiger partial charge is 0.255 e. The van der Waals surface area contributed by atoms with Gasteiger partial charge in [-0.1, -0.05) is 17.3 Å². The zero-order valence-corrected chi connectivity index (χ0v) is 18.0. The fourth-order valence-corrected chi connectivity index (χ4v) is 5.07. The molecule has 2 aliphatic heterocycles. The van der Waals surface area contributed by atoms with Crippen molar-refractivity contribution in [3.63, 3.8) is 0 Å². The maximum absolute atomic E-state index is 13.2. The third-order valence-electron chi connectivity index (χ3n) is 5.79. The Hall–Kier alpha value is -1.83. The third kappa shape index (κ3) is 4.85. The van der Waals surface area contributed by atoms with Crippen molar-refractivity contribution >= 4 is 17.7 Å². The summed E-state index contributed by atoms with van der Waals surface area (Å²) in [7, 11) is 0. The molecular formula is C22H29N3O3S. The first-order valence-electron chi connectivity index (χ1n) is 10.4. The summed E-state index contributed by atoms with van der Waals surface area (Å²) in [6, 6.07) is 7.98. The van der Waals surface area contributed by atoms with Crippen LogP contribution in [0.5, 0.6) is 0 Å². The standard InChI is InChI=1S/C22H29N3O3S/c1-16-20(17(2)28-23-16)14-24-9-11-25(12-10-24)22(26)19-7-3-4-8-21(19)29-15-18-6-5-13-27-18/h3-4,7-8,18H,5-6,9-15H2,1-2H3. The summed E-state index contributed by atoms with van der Waals surface area (Å²) in [5.41, 5.74) is 2.94. The molecule has 0 aliphatic carbocycles. The fraction of sp³-hybridized carbons (Fsp3) is 0.545. The van der Waals surface area contributed by atoms with E-state index in [-0.39, 0.29) is 5.91 Å². The van der Waals surface area contributed by atoms with E-state index in [0.717, 1.165) is 79.8 Å². The second-order valence-corrected chi connectivity index (χ2v) is 8.88. The Morgan fingerprint density at radius 3 is 2.69 bits per heavy atom. The molecule has 0 bridgehead atoms. The van der Waals surface area contributed by atoms with Gasteiger partial charge in [0, 0.05) is 55.5 Å². The van der Waals surface area contributed by atoms with Crippen LogP contribution in [0.3, 0.4) is 0 Å². The van der Waals surface area contributed by atoms with Gasteiger partial charge in [0.05, 0.1) is 17.4 Å². The van der Waals surface area contributed by atoms with Crippen molar-refractivity contribution in [2.45, 2.75) is 44.2 Å². The van der Waals surface area contributed by atoms with Crippen LogP contribution in [0.4, 0.5) is 0 Å². The molecule has 2 aliphatic rings. The summed E-state index contributed by atoms with van der Waals surface area (Å²) in [6.07, 6.45) is 2.58. The Labute approximate surface area is 176 Å². The van der Waals surface area contributed by atoms with E-state index in [2.05, 4.69) is 16.1 Å². The third-order valence-corrected chi connectivity index (χ3v) is 6.99. The van der Waals surface area contributed by atoms with Crippen molar-refractivity contribution in [1.82, 2.24) is 15.0 Å². The molecule has 4 rings (SSSR count). The second-order valence-electron chi connectivity index (χ2n) is 7.81. The maximum Gasteiger partial charge on any atom is 0.255 e. The number of carbonyl (C=O) groups excluding carboxylic acids is 1. The van der Waals surface area contributed by atoms with Crippen molar-refractivity contribution in [2.75, 3.05) is 38.5 Å². The molecule has 1 aromatic heterocycles. The largest absolute Gasteiger partial charge is 0.377 e. The van der Waals surface area contributed by atoms with E-state index in [0.29, 0.717) is 6.10 Å². The summed E-state index contributed by atoms with van der Waals surface area (Å²) in [4.78, 5) is 18.6. The van der Waals surface area contributed by atoms with Crippen LogP contribution in [0.1, 0.15) is 40.2 Å². The molecule has 2 fully saturated rings. The summed E-state index contributed by atoms with van der Waals surface area (Å²) >= 11 is 1.74. The van der Waals surface area contributed by atoms with Crippen molar-refractivity contribution in [1.29, 1.82) is 0 Å². The van der Waals surface area contributed by atoms with E-state index in [9.17, 15) is 4.79 Å². The SMILES string of the molecule is Cc1noc(C)c1CN1CCN(C(=O)c2ccccc2SCC2CCCO2)CC1. The van der Waals surface area contributed by atoms with Gasteiger partial charge < -0.3 is 14.2 Å². The molecule has 2 saturated heterocycles. The zero-order valence-electron chi connectivity index (χ0n) is 17.2. The summed E-state index contributed by atoms with van der Waals surface area (Å²) in [5, 5.41) is 4.04. The quantitative estimate of drug-likeness (QED) is 0.673. The van der Waals surface area contributed by atoms with Gasteiger partial charge in [-0.25, -0.2) is 0 Å². The molecule has 7 heteroatoms. The van der Waals surface area contributed by atoms with E-state index >= 15 is 0 Å². The predicted molar refractivity (Wildman–Crippen MR) is 113 cm³/mol. The first kappa shape index (κ1) is 20.4. The number of nitrogens with zero attached hydrogens (tertiary/aromatic N) is 3. The minimum absolute atomic E-state index is 0.137. The Morgan fingerprint density at radius 2 is 2.00 bits per heavy atom. The lowest BCUT2D eigenvalue weighted by molar-refractivity contribution is 0.0624. The van der Waals surface area contributed by atoms with E-state index < -0.39 is 0 Å². The fourth-order valence-electron chi connectivity index (χ4n) is 3.96. The molecule has 29 heavy (non-hydrogen) atoms. The molecule has 156 valence electrons. The monoisotopic (exact) mass is 415 g/mol. The molecule has 1 atom stereocenters. The van der Waals surface area contributed by atoms with E-state index in [4.69, 9.17) is 9.26 Å². The number of thioether (sulfide) groups is 1. The molecule has 1 amide bonds. The first-order chi connectivity index (χ1) is 14.1. The number of rotatable bonds is 6. The van der Waals surface area contributed by atoms with Gasteiger partial charge in [-0.2, -0.15) is 0 Å². The Morgan fingerprint density at radius 1 is 1.21 bits per heavy atom. The van der Waals surface area contributed by atoms with Crippen LogP contribution in [0.15, 0.2) is 33.7 Å². The molecule has 0 N–H and O–H groups in total. The topological polar surface area (TPSA) is 58.8 Å². The Balaban J connectivity index is 1.34. The molecule has 1 unspecified atom stereocenters. The number of piperazine rings is 1. The average Bonchev–Trinajstić information content (AvgIpc) is 3.38. The van der Waals surface area contributed by atoms with Gasteiger partial charge in [0.15, 0.2) is 0 Å².